The van der Waals surface area contributed by atoms with Crippen molar-refractivity contribution in [2.45, 2.75) is 0 Å². The van der Waals surface area contributed by atoms with Crippen LogP contribution in [0.5, 0.6) is 0 Å². The Morgan fingerprint density at radius 2 is 2.33 bits per heavy atom. The number of nitrogens with zero attached hydrogens (tertiary/aromatic N) is 3. The van der Waals surface area contributed by atoms with E-state index in [1.807, 2.05) is 0 Å². The largest absolute Gasteiger partial charge is 0.307 e. The fraction of sp³-hybridized carbons (Fsp3) is 0. The van der Waals surface area contributed by atoms with Gasteiger partial charge in [0.25, 0.3) is 0 Å². The summed E-state index contributed by atoms with van der Waals surface area (Å²) in [5.41, 5.74) is 5.99. The highest BCUT2D eigenvalue weighted by Crippen LogP contribution is 1.85. The molecular formula is HIN4O. The smallest absolute Gasteiger partial charge is 0.232 e. The average molecular weight is 200 g/mol. The molecule has 0 bridgehead atoms. The molecule has 0 fully saturated rings. The first-order chi connectivity index (χ1) is 2.91. The second kappa shape index (κ2) is 4.73. The summed E-state index contributed by atoms with van der Waals surface area (Å²) in [5, 5.41) is 8.13. The van der Waals surface area contributed by atoms with Crippen LogP contribution in [0.25, 0.3) is 0 Å². The highest BCUT2D eigenvalue weighted by molar-refractivity contribution is 14.1. The molecule has 6 heavy (non-hydrogen) atoms. The van der Waals surface area contributed by atoms with Gasteiger partial charge in [-0.1, -0.05) is 0 Å². The topological polar surface area (TPSA) is 70.2 Å². The molecule has 0 radical (unpaired) electrons. The summed E-state index contributed by atoms with van der Waals surface area (Å²) in [4.78, 5) is 0. The van der Waals surface area contributed by atoms with Gasteiger partial charge in [0.2, 0.25) is 23.0 Å². The first-order valence-corrected chi connectivity index (χ1v) is 1.84. The van der Waals surface area contributed by atoms with Crippen molar-refractivity contribution in [2.75, 3.05) is 0 Å². The summed E-state index contributed by atoms with van der Waals surface area (Å²) >= 11 is 1.51. The van der Waals surface area contributed by atoms with E-state index in [2.05, 4.69) is 18.9 Å². The molecule has 0 atom stereocenters. The molecule has 0 saturated heterocycles. The Morgan fingerprint density at radius 3 is 2.50 bits per heavy atom. The van der Waals surface area contributed by atoms with E-state index in [0.717, 1.165) is 0 Å². The third-order valence-corrected chi connectivity index (χ3v) is 0.288. The number of nitrogens with one attached hydrogen (secondary N) is 1. The van der Waals surface area contributed by atoms with E-state index in [1.54, 1.807) is 0 Å². The maximum atomic E-state index is 5.99. The lowest BCUT2D eigenvalue weighted by molar-refractivity contribution is 0.411. The Hall–Kier alpha value is -0.270. The molecule has 34 valence electrons. The Balaban J connectivity index is 2.94. The van der Waals surface area contributed by atoms with Gasteiger partial charge < -0.3 is 3.17 Å². The number of hydrogen-bond donors (Lipinski definition) is 1. The molecule has 0 aliphatic rings. The van der Waals surface area contributed by atoms with Crippen LogP contribution in [-0.2, 0) is 3.17 Å². The monoisotopic (exact) mass is 200 g/mol. The van der Waals surface area contributed by atoms with E-state index in [9.17, 15) is 0 Å². The lowest BCUT2D eigenvalue weighted by Gasteiger charge is -1.67. The summed E-state index contributed by atoms with van der Waals surface area (Å²) in [7, 11) is 0. The molecule has 0 amide bonds. The zero-order valence-electron chi connectivity index (χ0n) is 2.63. The van der Waals surface area contributed by atoms with Crippen LogP contribution in [0.4, 0.5) is 0 Å². The Bertz CT molecular complexity index is 58.6. The van der Waals surface area contributed by atoms with E-state index in [-0.39, 0.29) is 0 Å². The fourth-order valence-corrected chi connectivity index (χ4v) is 0.111. The van der Waals surface area contributed by atoms with Gasteiger partial charge in [-0.15, -0.1) is 0 Å². The first-order valence-electron chi connectivity index (χ1n) is 0.960. The summed E-state index contributed by atoms with van der Waals surface area (Å²) in [6.45, 7) is 0. The van der Waals surface area contributed by atoms with E-state index in [4.69, 9.17) is 5.53 Å². The van der Waals surface area contributed by atoms with Crippen molar-refractivity contribution in [3.63, 3.8) is 0 Å². The van der Waals surface area contributed by atoms with Gasteiger partial charge >= 0.3 is 0 Å². The minimum atomic E-state index is 1.51. The summed E-state index contributed by atoms with van der Waals surface area (Å²) < 4.78 is 4.00. The van der Waals surface area contributed by atoms with Crippen molar-refractivity contribution in [2.24, 2.45) is 15.7 Å². The molecule has 0 unspecified atom stereocenters. The second-order valence-electron chi connectivity index (χ2n) is 0.340. The SMILES string of the molecule is N=NN=NOI. The van der Waals surface area contributed by atoms with E-state index in [0.29, 0.717) is 0 Å². The van der Waals surface area contributed by atoms with Crippen LogP contribution < -0.4 is 0 Å². The molecule has 0 rings (SSSR count). The third kappa shape index (κ3) is 3.73. The Labute approximate surface area is 47.9 Å². The van der Waals surface area contributed by atoms with Crippen molar-refractivity contribution < 1.29 is 3.17 Å². The van der Waals surface area contributed by atoms with Gasteiger partial charge in [0.05, 0.1) is 5.28 Å². The van der Waals surface area contributed by atoms with Gasteiger partial charge in [0.15, 0.2) is 0 Å². The van der Waals surface area contributed by atoms with Gasteiger partial charge in [-0.25, -0.2) is 0 Å². The molecule has 6 heteroatoms. The van der Waals surface area contributed by atoms with Crippen molar-refractivity contribution >= 4 is 23.0 Å². The minimum absolute atomic E-state index is 1.51. The van der Waals surface area contributed by atoms with Gasteiger partial charge in [-0.05, 0) is 5.22 Å². The average Bonchev–Trinajstić information content (AvgIpc) is 1.61. The predicted octanol–water partition coefficient (Wildman–Crippen LogP) is 1.67. The normalized spacial score (nSPS) is 8.83. The van der Waals surface area contributed by atoms with Gasteiger partial charge in [0.1, 0.15) is 0 Å². The number of rotatable bonds is 2. The quantitative estimate of drug-likeness (QED) is 0.411. The molecule has 1 N–H and O–H groups in total. The zero-order chi connectivity index (χ0) is 4.83. The fourth-order valence-electron chi connectivity index (χ4n) is 0.0321. The summed E-state index contributed by atoms with van der Waals surface area (Å²) in [6.07, 6.45) is 0. The Kier molecular flexibility index (Phi) is 4.52. The second-order valence-corrected chi connectivity index (χ2v) is 0.734. The molecule has 0 aliphatic carbocycles. The van der Waals surface area contributed by atoms with Crippen LogP contribution >= 0.6 is 23.0 Å². The molecule has 0 aliphatic heterocycles. The molecule has 0 spiro atoms. The van der Waals surface area contributed by atoms with E-state index < -0.39 is 0 Å². The molecule has 0 heterocycles. The molecular weight excluding hydrogens is 199 g/mol. The predicted molar refractivity (Wildman–Crippen MR) is 25.1 cm³/mol. The maximum Gasteiger partial charge on any atom is 0.232 e. The van der Waals surface area contributed by atoms with E-state index >= 15 is 0 Å². The summed E-state index contributed by atoms with van der Waals surface area (Å²) in [6, 6.07) is 0. The third-order valence-electron chi connectivity index (χ3n) is 0.112. The highest BCUT2D eigenvalue weighted by atomic mass is 127. The van der Waals surface area contributed by atoms with Gasteiger partial charge in [-0.2, -0.15) is 5.53 Å². The van der Waals surface area contributed by atoms with Crippen molar-refractivity contribution in [3.05, 3.63) is 0 Å². The van der Waals surface area contributed by atoms with E-state index in [1.165, 1.54) is 23.0 Å². The lowest BCUT2D eigenvalue weighted by Crippen LogP contribution is -1.45. The van der Waals surface area contributed by atoms with Gasteiger partial charge in [-0.3, -0.25) is 0 Å². The molecule has 0 aromatic rings. The standard InChI is InChI=1S/HIN4O/c1-6-5-4-3-2/h2H. The first kappa shape index (κ1) is 5.73. The lowest BCUT2D eigenvalue weighted by atomic mass is 12.6. The van der Waals surface area contributed by atoms with Crippen molar-refractivity contribution in [1.29, 1.82) is 5.53 Å². The Morgan fingerprint density at radius 1 is 1.67 bits per heavy atom. The molecule has 0 aromatic heterocycles. The molecule has 0 saturated carbocycles. The maximum absolute atomic E-state index is 5.99. The number of halogens is 1. The number of hydrogen-bond acceptors (Lipinski definition) is 3. The van der Waals surface area contributed by atoms with Crippen LogP contribution in [0.1, 0.15) is 0 Å². The highest BCUT2D eigenvalue weighted by Gasteiger charge is 1.57. The van der Waals surface area contributed by atoms with Gasteiger partial charge in [0, 0.05) is 5.22 Å². The molecule has 0 aromatic carbocycles. The van der Waals surface area contributed by atoms with Crippen molar-refractivity contribution in [1.82, 2.24) is 0 Å². The van der Waals surface area contributed by atoms with Crippen molar-refractivity contribution in [3.8, 4) is 0 Å². The van der Waals surface area contributed by atoms with Crippen LogP contribution in [-0.4, -0.2) is 0 Å². The van der Waals surface area contributed by atoms with Crippen LogP contribution in [0.3, 0.4) is 0 Å². The van der Waals surface area contributed by atoms with Crippen LogP contribution in [0.2, 0.25) is 0 Å². The van der Waals surface area contributed by atoms with Crippen LogP contribution in [0.15, 0.2) is 15.7 Å². The van der Waals surface area contributed by atoms with Crippen LogP contribution in [0, 0.1) is 5.53 Å². The minimum Gasteiger partial charge on any atom is -0.307 e. The molecule has 5 nitrogen and oxygen atoms in total. The summed E-state index contributed by atoms with van der Waals surface area (Å²) in [5.74, 6) is 0. The zero-order valence-corrected chi connectivity index (χ0v) is 4.79.